The lowest BCUT2D eigenvalue weighted by Gasteiger charge is -2.31. The molecule has 1 aromatic heterocycles. The minimum atomic E-state index is -0.170. The fourth-order valence-corrected chi connectivity index (χ4v) is 4.28. The number of allylic oxidation sites excluding steroid dienone is 3. The van der Waals surface area contributed by atoms with Crippen LogP contribution >= 0.6 is 0 Å². The van der Waals surface area contributed by atoms with Crippen LogP contribution in [0.3, 0.4) is 0 Å². The van der Waals surface area contributed by atoms with Crippen molar-refractivity contribution in [2.45, 2.75) is 64.0 Å². The molecule has 1 amide bonds. The molecule has 30 heavy (non-hydrogen) atoms. The fraction of sp³-hybridized carbons (Fsp3) is 0.565. The average molecular weight is 411 g/mol. The van der Waals surface area contributed by atoms with E-state index in [9.17, 15) is 10.1 Å². The Balaban J connectivity index is 0.00000272. The first-order valence-corrected chi connectivity index (χ1v) is 10.7. The molecule has 7 heteroatoms. The summed E-state index contributed by atoms with van der Waals surface area (Å²) in [5.74, 6) is 2.28. The highest BCUT2D eigenvalue weighted by atomic mass is 16.5. The second kappa shape index (κ2) is 8.47. The van der Waals surface area contributed by atoms with E-state index in [0.29, 0.717) is 17.4 Å². The Labute approximate surface area is 178 Å². The summed E-state index contributed by atoms with van der Waals surface area (Å²) in [6, 6.07) is 2.39. The lowest BCUT2D eigenvalue weighted by molar-refractivity contribution is 0.0600. The third kappa shape index (κ3) is 4.18. The van der Waals surface area contributed by atoms with Crippen LogP contribution in [0.2, 0.25) is 0 Å². The highest BCUT2D eigenvalue weighted by molar-refractivity contribution is 5.92. The number of rotatable bonds is 6. The number of hydrogen-bond acceptors (Lipinski definition) is 6. The molecule has 7 nitrogen and oxygen atoms in total. The van der Waals surface area contributed by atoms with Crippen molar-refractivity contribution in [1.29, 1.82) is 5.26 Å². The monoisotopic (exact) mass is 410 g/mol. The van der Waals surface area contributed by atoms with Gasteiger partial charge in [0.2, 0.25) is 0 Å². The van der Waals surface area contributed by atoms with E-state index in [1.54, 1.807) is 19.5 Å². The molecule has 2 unspecified atom stereocenters. The van der Waals surface area contributed by atoms with E-state index < -0.39 is 0 Å². The van der Waals surface area contributed by atoms with Gasteiger partial charge in [0, 0.05) is 31.6 Å². The molecule has 1 heterocycles. The summed E-state index contributed by atoms with van der Waals surface area (Å²) in [5.41, 5.74) is 1.98. The number of ether oxygens (including phenoxy) is 2. The van der Waals surface area contributed by atoms with Crippen molar-refractivity contribution in [2.75, 3.05) is 7.11 Å². The van der Waals surface area contributed by atoms with Crippen LogP contribution in [0.1, 0.15) is 69.5 Å². The normalized spacial score (nSPS) is 27.6. The Kier molecular flexibility index (Phi) is 5.76. The van der Waals surface area contributed by atoms with Gasteiger partial charge in [0.05, 0.1) is 36.7 Å². The SMILES string of the molecule is COC1=C(C#N)C2CC2C(OC2CCC(NC(=O)c3cnc(C(C)C)cn3)CC2)=C1.[HH]. The summed E-state index contributed by atoms with van der Waals surface area (Å²) in [7, 11) is 1.60. The number of carbonyl (C=O) groups is 1. The molecule has 160 valence electrons. The highest BCUT2D eigenvalue weighted by Crippen LogP contribution is 2.53. The van der Waals surface area contributed by atoms with Gasteiger partial charge < -0.3 is 14.8 Å². The molecule has 0 spiro atoms. The van der Waals surface area contributed by atoms with E-state index in [-0.39, 0.29) is 31.3 Å². The number of nitrogens with one attached hydrogen (secondary N) is 1. The zero-order valence-electron chi connectivity index (χ0n) is 17.7. The van der Waals surface area contributed by atoms with Crippen LogP contribution in [0.25, 0.3) is 0 Å². The number of amides is 1. The minimum absolute atomic E-state index is 0. The van der Waals surface area contributed by atoms with Crippen molar-refractivity contribution in [2.24, 2.45) is 11.8 Å². The summed E-state index contributed by atoms with van der Waals surface area (Å²) in [6.07, 6.45) is 9.72. The number of hydrogen-bond donors (Lipinski definition) is 1. The van der Waals surface area contributed by atoms with Gasteiger partial charge in [0.25, 0.3) is 5.91 Å². The largest absolute Gasteiger partial charge is 0.496 e. The number of nitriles is 1. The van der Waals surface area contributed by atoms with Crippen molar-refractivity contribution in [1.82, 2.24) is 15.3 Å². The van der Waals surface area contributed by atoms with Gasteiger partial charge in [0.15, 0.2) is 0 Å². The van der Waals surface area contributed by atoms with Gasteiger partial charge in [-0.05, 0) is 38.0 Å². The van der Waals surface area contributed by atoms with E-state index in [4.69, 9.17) is 9.47 Å². The molecule has 1 aromatic rings. The van der Waals surface area contributed by atoms with Gasteiger partial charge in [0.1, 0.15) is 17.2 Å². The fourth-order valence-electron chi connectivity index (χ4n) is 4.28. The molecular weight excluding hydrogens is 380 g/mol. The van der Waals surface area contributed by atoms with Gasteiger partial charge in [-0.25, -0.2) is 4.98 Å². The van der Waals surface area contributed by atoms with E-state index in [0.717, 1.165) is 49.1 Å². The Morgan fingerprint density at radius 3 is 2.60 bits per heavy atom. The predicted molar refractivity (Wildman–Crippen MR) is 112 cm³/mol. The zero-order chi connectivity index (χ0) is 21.3. The van der Waals surface area contributed by atoms with Gasteiger partial charge in [-0.2, -0.15) is 5.26 Å². The van der Waals surface area contributed by atoms with Crippen LogP contribution < -0.4 is 5.32 Å². The summed E-state index contributed by atoms with van der Waals surface area (Å²) >= 11 is 0. The van der Waals surface area contributed by atoms with E-state index in [1.807, 2.05) is 19.9 Å². The van der Waals surface area contributed by atoms with Crippen LogP contribution in [-0.4, -0.2) is 35.1 Å². The predicted octanol–water partition coefficient (Wildman–Crippen LogP) is 3.86. The molecule has 2 atom stereocenters. The molecular formula is C23H30N4O3. The maximum Gasteiger partial charge on any atom is 0.271 e. The molecule has 2 saturated carbocycles. The minimum Gasteiger partial charge on any atom is -0.496 e. The van der Waals surface area contributed by atoms with E-state index in [2.05, 4.69) is 21.4 Å². The van der Waals surface area contributed by atoms with E-state index >= 15 is 0 Å². The molecule has 3 aliphatic carbocycles. The Morgan fingerprint density at radius 2 is 2.00 bits per heavy atom. The number of carbonyl (C=O) groups excluding carboxylic acids is 1. The molecule has 4 rings (SSSR count). The molecule has 0 saturated heterocycles. The van der Waals surface area contributed by atoms with Crippen LogP contribution in [-0.2, 0) is 9.47 Å². The van der Waals surface area contributed by atoms with Crippen LogP contribution in [0.15, 0.2) is 35.6 Å². The van der Waals surface area contributed by atoms with Crippen LogP contribution in [0.4, 0.5) is 0 Å². The second-order valence-electron chi connectivity index (χ2n) is 8.64. The Morgan fingerprint density at radius 1 is 1.23 bits per heavy atom. The average Bonchev–Trinajstić information content (AvgIpc) is 3.56. The van der Waals surface area contributed by atoms with E-state index in [1.165, 1.54) is 0 Å². The lowest BCUT2D eigenvalue weighted by Crippen LogP contribution is -2.39. The van der Waals surface area contributed by atoms with Crippen molar-refractivity contribution in [3.63, 3.8) is 0 Å². The quantitative estimate of drug-likeness (QED) is 0.765. The van der Waals surface area contributed by atoms with Gasteiger partial charge in [-0.15, -0.1) is 0 Å². The molecule has 0 aliphatic heterocycles. The van der Waals surface area contributed by atoms with Gasteiger partial charge in [-0.3, -0.25) is 9.78 Å². The Hall–Kier alpha value is -2.88. The maximum atomic E-state index is 12.5. The lowest BCUT2D eigenvalue weighted by atomic mass is 9.92. The van der Waals surface area contributed by atoms with Crippen LogP contribution in [0, 0.1) is 23.2 Å². The zero-order valence-corrected chi connectivity index (χ0v) is 17.7. The first-order chi connectivity index (χ1) is 14.5. The molecule has 0 bridgehead atoms. The van der Waals surface area contributed by atoms with Crippen molar-refractivity contribution in [3.05, 3.63) is 46.9 Å². The van der Waals surface area contributed by atoms with Crippen molar-refractivity contribution < 1.29 is 15.7 Å². The topological polar surface area (TPSA) is 97.1 Å². The third-order valence-corrected chi connectivity index (χ3v) is 6.21. The van der Waals surface area contributed by atoms with Gasteiger partial charge in [-0.1, -0.05) is 13.8 Å². The highest BCUT2D eigenvalue weighted by Gasteiger charge is 2.48. The number of nitrogens with zero attached hydrogens (tertiary/aromatic N) is 3. The summed E-state index contributed by atoms with van der Waals surface area (Å²) in [6.45, 7) is 4.09. The summed E-state index contributed by atoms with van der Waals surface area (Å²) in [4.78, 5) is 21.0. The molecule has 0 aromatic carbocycles. The first kappa shape index (κ1) is 20.4. The first-order valence-electron chi connectivity index (χ1n) is 10.7. The smallest absolute Gasteiger partial charge is 0.271 e. The van der Waals surface area contributed by atoms with Gasteiger partial charge >= 0.3 is 0 Å². The third-order valence-electron chi connectivity index (χ3n) is 6.21. The summed E-state index contributed by atoms with van der Waals surface area (Å²) in [5, 5.41) is 12.4. The molecule has 0 radical (unpaired) electrons. The number of methoxy groups -OCH3 is 1. The summed E-state index contributed by atoms with van der Waals surface area (Å²) < 4.78 is 11.7. The standard InChI is InChI=1S/C23H28N4O3.H2/c1-13(2)19-11-26-20(12-25-19)23(28)27-14-4-6-15(7-5-14)30-22-9-21(29-3)18(10-24)16-8-17(16)22;/h9,11-17H,4-8H2,1-3H3,(H,27,28);1H. The second-order valence-corrected chi connectivity index (χ2v) is 8.64. The maximum absolute atomic E-state index is 12.5. The van der Waals surface area contributed by atoms with Crippen molar-refractivity contribution >= 4 is 5.91 Å². The van der Waals surface area contributed by atoms with Crippen LogP contribution in [0.5, 0.6) is 0 Å². The van der Waals surface area contributed by atoms with Crippen molar-refractivity contribution in [3.8, 4) is 6.07 Å². The molecule has 1 N–H and O–H groups in total. The Bertz CT molecular complexity index is 912. The number of aromatic nitrogens is 2. The molecule has 3 aliphatic rings. The molecule has 2 fully saturated rings. The number of fused-ring (bicyclic) bond motifs is 1.